The molecule has 2 bridgehead atoms. The van der Waals surface area contributed by atoms with Crippen LogP contribution in [0.4, 0.5) is 11.4 Å². The van der Waals surface area contributed by atoms with Crippen molar-refractivity contribution in [1.29, 1.82) is 0 Å². The molecule has 2 heterocycles. The fraction of sp³-hybridized carbons (Fsp3) is 0.263. The fourth-order valence-electron chi connectivity index (χ4n) is 8.23. The summed E-state index contributed by atoms with van der Waals surface area (Å²) in [6.45, 7) is 4.12. The lowest BCUT2D eigenvalue weighted by Gasteiger charge is -2.45. The first-order chi connectivity index (χ1) is 21.9. The number of hydrogen-bond donors (Lipinski definition) is 0. The zero-order valence-electron chi connectivity index (χ0n) is 25.1. The van der Waals surface area contributed by atoms with Crippen LogP contribution in [0, 0.1) is 24.7 Å². The lowest BCUT2D eigenvalue weighted by atomic mass is 9.55. The zero-order valence-corrected chi connectivity index (χ0v) is 25.1. The molecule has 9 rings (SSSR count). The van der Waals surface area contributed by atoms with Crippen LogP contribution in [0.15, 0.2) is 91.0 Å². The van der Waals surface area contributed by atoms with Crippen LogP contribution in [-0.2, 0) is 25.6 Å². The van der Waals surface area contributed by atoms with Gasteiger partial charge in [0.25, 0.3) is 0 Å². The molecule has 2 fully saturated rings. The van der Waals surface area contributed by atoms with Crippen molar-refractivity contribution < 1.29 is 23.9 Å². The third kappa shape index (κ3) is 4.03. The van der Waals surface area contributed by atoms with E-state index in [1.165, 1.54) is 4.90 Å². The molecule has 0 aromatic heterocycles. The third-order valence-electron chi connectivity index (χ3n) is 10.2. The number of esters is 1. The lowest BCUT2D eigenvalue weighted by molar-refractivity contribution is -0.139. The van der Waals surface area contributed by atoms with Crippen LogP contribution >= 0.6 is 0 Å². The molecule has 7 heteroatoms. The van der Waals surface area contributed by atoms with Crippen molar-refractivity contribution in [2.75, 3.05) is 16.3 Å². The maximum atomic E-state index is 14.2. The van der Waals surface area contributed by atoms with E-state index in [-0.39, 0.29) is 42.5 Å². The molecule has 3 atom stereocenters. The van der Waals surface area contributed by atoms with E-state index in [9.17, 15) is 19.2 Å². The summed E-state index contributed by atoms with van der Waals surface area (Å²) in [5.74, 6) is -2.51. The van der Waals surface area contributed by atoms with Crippen molar-refractivity contribution in [1.82, 2.24) is 0 Å². The second-order valence-corrected chi connectivity index (χ2v) is 12.5. The molecule has 4 aromatic carbocycles. The number of aryl methyl sites for hydroxylation is 2. The second-order valence-electron chi connectivity index (χ2n) is 12.5. The molecule has 2 saturated heterocycles. The summed E-state index contributed by atoms with van der Waals surface area (Å²) in [5, 5.41) is 0. The molecule has 7 nitrogen and oxygen atoms in total. The molecule has 3 amide bonds. The highest BCUT2D eigenvalue weighted by molar-refractivity contribution is 6.23. The zero-order chi connectivity index (χ0) is 31.0. The highest BCUT2D eigenvalue weighted by atomic mass is 16.5. The summed E-state index contributed by atoms with van der Waals surface area (Å²) in [5.41, 5.74) is 7.57. The Morgan fingerprint density at radius 1 is 0.756 bits per heavy atom. The van der Waals surface area contributed by atoms with E-state index in [0.717, 1.165) is 39.9 Å². The molecule has 0 saturated carbocycles. The number of carbonyl (C=O) groups is 4. The fourth-order valence-corrected chi connectivity index (χ4v) is 8.23. The Labute approximate surface area is 261 Å². The van der Waals surface area contributed by atoms with E-state index in [4.69, 9.17) is 4.74 Å². The summed E-state index contributed by atoms with van der Waals surface area (Å²) in [6, 6.07) is 29.1. The summed E-state index contributed by atoms with van der Waals surface area (Å²) in [4.78, 5) is 57.4. The van der Waals surface area contributed by atoms with E-state index in [2.05, 4.69) is 24.3 Å². The number of para-hydroxylation sites is 1. The topological polar surface area (TPSA) is 84.0 Å². The Hall–Kier alpha value is -5.04. The molecular formula is C38H32N2O5. The van der Waals surface area contributed by atoms with Gasteiger partial charge in [0.2, 0.25) is 17.7 Å². The maximum absolute atomic E-state index is 14.2. The minimum absolute atomic E-state index is 0.0839. The largest absolute Gasteiger partial charge is 0.426 e. The van der Waals surface area contributed by atoms with Crippen LogP contribution in [0.3, 0.4) is 0 Å². The van der Waals surface area contributed by atoms with Gasteiger partial charge in [-0.15, -0.1) is 0 Å². The van der Waals surface area contributed by atoms with Gasteiger partial charge in [0.05, 0.1) is 23.4 Å². The number of ether oxygens (including phenoxy) is 1. The van der Waals surface area contributed by atoms with Gasteiger partial charge >= 0.3 is 5.97 Å². The van der Waals surface area contributed by atoms with Crippen LogP contribution in [0.25, 0.3) is 0 Å². The van der Waals surface area contributed by atoms with Crippen molar-refractivity contribution >= 4 is 35.1 Å². The highest BCUT2D eigenvalue weighted by Crippen LogP contribution is 2.61. The van der Waals surface area contributed by atoms with Crippen molar-refractivity contribution in [2.45, 2.75) is 38.5 Å². The Morgan fingerprint density at radius 3 is 1.87 bits per heavy atom. The predicted octanol–water partition coefficient (Wildman–Crippen LogP) is 5.91. The molecule has 5 aliphatic rings. The number of anilines is 2. The van der Waals surface area contributed by atoms with Gasteiger partial charge in [-0.2, -0.15) is 0 Å². The Bertz CT molecular complexity index is 1820. The highest BCUT2D eigenvalue weighted by Gasteiger charge is 2.61. The average Bonchev–Trinajstić information content (AvgIpc) is 3.58. The minimum Gasteiger partial charge on any atom is -0.426 e. The molecule has 45 heavy (non-hydrogen) atoms. The summed E-state index contributed by atoms with van der Waals surface area (Å²) in [6.07, 6.45) is 0.867. The molecule has 3 aliphatic carbocycles. The second kappa shape index (κ2) is 10.3. The van der Waals surface area contributed by atoms with Gasteiger partial charge in [-0.1, -0.05) is 73.7 Å². The molecule has 4 aromatic rings. The Morgan fingerprint density at radius 2 is 1.31 bits per heavy atom. The first-order valence-electron chi connectivity index (χ1n) is 15.6. The van der Waals surface area contributed by atoms with Crippen LogP contribution in [0.1, 0.15) is 58.6 Å². The van der Waals surface area contributed by atoms with Crippen molar-refractivity contribution in [2.24, 2.45) is 17.8 Å². The van der Waals surface area contributed by atoms with Crippen molar-refractivity contribution in [3.05, 3.63) is 124 Å². The maximum Gasteiger partial charge on any atom is 0.316 e. The first kappa shape index (κ1) is 27.5. The van der Waals surface area contributed by atoms with E-state index >= 15 is 0 Å². The molecule has 0 spiro atoms. The first-order valence-corrected chi connectivity index (χ1v) is 15.6. The predicted molar refractivity (Wildman–Crippen MR) is 169 cm³/mol. The third-order valence-corrected chi connectivity index (χ3v) is 10.2. The van der Waals surface area contributed by atoms with E-state index in [0.29, 0.717) is 17.0 Å². The molecule has 0 unspecified atom stereocenters. The molecule has 2 aliphatic heterocycles. The summed E-state index contributed by atoms with van der Waals surface area (Å²) in [7, 11) is 0. The van der Waals surface area contributed by atoms with Crippen LogP contribution < -0.4 is 14.5 Å². The smallest absolute Gasteiger partial charge is 0.316 e. The van der Waals surface area contributed by atoms with Crippen LogP contribution in [0.5, 0.6) is 5.75 Å². The Balaban J connectivity index is 1.04. The van der Waals surface area contributed by atoms with E-state index in [1.807, 2.05) is 62.4 Å². The van der Waals surface area contributed by atoms with E-state index in [1.54, 1.807) is 23.1 Å². The molecule has 0 N–H and O–H groups in total. The van der Waals surface area contributed by atoms with Gasteiger partial charge < -0.3 is 9.64 Å². The van der Waals surface area contributed by atoms with Gasteiger partial charge in [0.15, 0.2) is 0 Å². The lowest BCUT2D eigenvalue weighted by Crippen LogP contribution is -2.41. The number of amides is 3. The number of rotatable bonds is 5. The van der Waals surface area contributed by atoms with Gasteiger partial charge in [-0.25, -0.2) is 4.90 Å². The SMILES string of the molecule is CCc1ccccc1N1C[C@H](C(=O)Oc2ccc(N3C(=O)[C@@H]4C5c6ccccc6C(c6ccccc65)[C@H]4C3=O)c(C)c2)CC1=O. The normalized spacial score (nSPS) is 24.5. The summed E-state index contributed by atoms with van der Waals surface area (Å²) >= 11 is 0. The Kier molecular flexibility index (Phi) is 6.27. The quantitative estimate of drug-likeness (QED) is 0.162. The minimum atomic E-state index is -0.592. The molecule has 224 valence electrons. The van der Waals surface area contributed by atoms with Gasteiger partial charge in [0, 0.05) is 30.5 Å². The molecular weight excluding hydrogens is 564 g/mol. The van der Waals surface area contributed by atoms with Gasteiger partial charge in [-0.05, 0) is 71.0 Å². The number of hydrogen-bond acceptors (Lipinski definition) is 5. The number of benzene rings is 4. The van der Waals surface area contributed by atoms with Crippen LogP contribution in [-0.4, -0.2) is 30.2 Å². The van der Waals surface area contributed by atoms with E-state index < -0.39 is 23.7 Å². The summed E-state index contributed by atoms with van der Waals surface area (Å²) < 4.78 is 5.76. The number of carbonyl (C=O) groups excluding carboxylic acids is 4. The standard InChI is InChI=1S/C38H32N2O5/c1-3-22-10-4-9-15-30(22)39-20-23(19-31(39)41)38(44)45-24-16-17-29(21(2)18-24)40-36(42)34-32-25-11-5-6-12-26(25)33(35(34)37(40)43)28-14-8-7-13-27(28)32/h4-18,23,32-35H,3,19-20H2,1-2H3/t23-,32?,33?,34-,35-/m1/s1. The van der Waals surface area contributed by atoms with Crippen LogP contribution in [0.2, 0.25) is 0 Å². The monoisotopic (exact) mass is 596 g/mol. The van der Waals surface area contributed by atoms with Gasteiger partial charge in [0.1, 0.15) is 5.75 Å². The average molecular weight is 597 g/mol. The molecule has 0 radical (unpaired) electrons. The number of nitrogens with zero attached hydrogens (tertiary/aromatic N) is 2. The van der Waals surface area contributed by atoms with Gasteiger partial charge in [-0.3, -0.25) is 19.2 Å². The number of imide groups is 1. The van der Waals surface area contributed by atoms with Crippen molar-refractivity contribution in [3.63, 3.8) is 0 Å². The van der Waals surface area contributed by atoms with Crippen molar-refractivity contribution in [3.8, 4) is 5.75 Å².